The Hall–Kier alpha value is -0.760. The van der Waals surface area contributed by atoms with Gasteiger partial charge in [0.25, 0.3) is 0 Å². The van der Waals surface area contributed by atoms with Crippen LogP contribution in [-0.2, 0) is 0 Å². The minimum absolute atomic E-state index is 0.391. The van der Waals surface area contributed by atoms with Crippen molar-refractivity contribution in [1.29, 1.82) is 5.26 Å². The fraction of sp³-hybridized carbons (Fsp3) is 0.300. The second kappa shape index (κ2) is 3.54. The Balaban J connectivity index is 2.28. The van der Waals surface area contributed by atoms with Crippen molar-refractivity contribution in [2.45, 2.75) is 18.9 Å². The molecule has 0 N–H and O–H groups in total. The maximum absolute atomic E-state index is 8.78. The highest BCUT2D eigenvalue weighted by atomic mass is 127. The molecule has 0 aromatic heterocycles. The van der Waals surface area contributed by atoms with Gasteiger partial charge < -0.3 is 4.74 Å². The molecule has 0 amide bonds. The van der Waals surface area contributed by atoms with Crippen LogP contribution in [0, 0.1) is 14.9 Å². The zero-order valence-electron chi connectivity index (χ0n) is 6.96. The molecule has 2 nitrogen and oxygen atoms in total. The zero-order valence-corrected chi connectivity index (χ0v) is 9.11. The van der Waals surface area contributed by atoms with Gasteiger partial charge in [0, 0.05) is 0 Å². The predicted octanol–water partition coefficient (Wildman–Crippen LogP) is 2.70. The smallest absolute Gasteiger partial charge is 0.134 e. The van der Waals surface area contributed by atoms with E-state index < -0.39 is 0 Å². The molecule has 66 valence electrons. The summed E-state index contributed by atoms with van der Waals surface area (Å²) < 4.78 is 6.57. The summed E-state index contributed by atoms with van der Waals surface area (Å²) in [6.45, 7) is 0. The topological polar surface area (TPSA) is 33.0 Å². The van der Waals surface area contributed by atoms with Crippen LogP contribution < -0.4 is 4.74 Å². The van der Waals surface area contributed by atoms with E-state index in [1.54, 1.807) is 0 Å². The molecule has 1 fully saturated rings. The number of benzene rings is 1. The molecule has 1 saturated carbocycles. The monoisotopic (exact) mass is 285 g/mol. The van der Waals surface area contributed by atoms with E-state index in [1.807, 2.05) is 18.2 Å². The van der Waals surface area contributed by atoms with Crippen molar-refractivity contribution in [1.82, 2.24) is 0 Å². The Labute approximate surface area is 90.7 Å². The molecule has 1 aliphatic carbocycles. The third kappa shape index (κ3) is 1.94. The fourth-order valence-electron chi connectivity index (χ4n) is 1.05. The number of hydrogen-bond acceptors (Lipinski definition) is 2. The van der Waals surface area contributed by atoms with Gasteiger partial charge in [-0.3, -0.25) is 0 Å². The van der Waals surface area contributed by atoms with Gasteiger partial charge in [-0.1, -0.05) is 6.07 Å². The van der Waals surface area contributed by atoms with E-state index in [4.69, 9.17) is 10.00 Å². The first-order valence-electron chi connectivity index (χ1n) is 4.16. The lowest BCUT2D eigenvalue weighted by Crippen LogP contribution is -1.98. The second-order valence-corrected chi connectivity index (χ2v) is 4.13. The third-order valence-electron chi connectivity index (χ3n) is 1.90. The Morgan fingerprint density at radius 2 is 2.23 bits per heavy atom. The zero-order chi connectivity index (χ0) is 9.26. The van der Waals surface area contributed by atoms with Crippen molar-refractivity contribution in [3.8, 4) is 11.8 Å². The van der Waals surface area contributed by atoms with Crippen LogP contribution in [0.25, 0.3) is 0 Å². The molecule has 0 heterocycles. The summed E-state index contributed by atoms with van der Waals surface area (Å²) in [4.78, 5) is 0. The summed E-state index contributed by atoms with van der Waals surface area (Å²) >= 11 is 2.15. The van der Waals surface area contributed by atoms with Gasteiger partial charge in [-0.2, -0.15) is 5.26 Å². The van der Waals surface area contributed by atoms with Crippen molar-refractivity contribution < 1.29 is 4.74 Å². The van der Waals surface area contributed by atoms with E-state index in [0.717, 1.165) is 22.2 Å². The molecular weight excluding hydrogens is 277 g/mol. The van der Waals surface area contributed by atoms with Crippen molar-refractivity contribution in [2.24, 2.45) is 0 Å². The molecule has 13 heavy (non-hydrogen) atoms. The van der Waals surface area contributed by atoms with Gasteiger partial charge in [-0.15, -0.1) is 0 Å². The Bertz CT molecular complexity index is 366. The van der Waals surface area contributed by atoms with E-state index in [0.29, 0.717) is 11.7 Å². The second-order valence-electron chi connectivity index (χ2n) is 3.05. The van der Waals surface area contributed by atoms with Gasteiger partial charge in [-0.05, 0) is 47.6 Å². The minimum Gasteiger partial charge on any atom is -0.489 e. The maximum Gasteiger partial charge on any atom is 0.134 e. The van der Waals surface area contributed by atoms with Gasteiger partial charge in [-0.25, -0.2) is 0 Å². The normalized spacial score (nSPS) is 15.1. The SMILES string of the molecule is N#Cc1cccc(OC2CC2)c1I. The largest absolute Gasteiger partial charge is 0.489 e. The fourth-order valence-corrected chi connectivity index (χ4v) is 1.66. The molecule has 3 heteroatoms. The minimum atomic E-state index is 0.391. The highest BCUT2D eigenvalue weighted by Gasteiger charge is 2.24. The summed E-state index contributed by atoms with van der Waals surface area (Å²) in [5.41, 5.74) is 0.693. The highest BCUT2D eigenvalue weighted by molar-refractivity contribution is 14.1. The van der Waals surface area contributed by atoms with Crippen LogP contribution in [0.4, 0.5) is 0 Å². The Morgan fingerprint density at radius 3 is 2.85 bits per heavy atom. The predicted molar refractivity (Wildman–Crippen MR) is 57.5 cm³/mol. The summed E-state index contributed by atoms with van der Waals surface area (Å²) in [5.74, 6) is 0.849. The lowest BCUT2D eigenvalue weighted by Gasteiger charge is -2.06. The van der Waals surface area contributed by atoms with Crippen LogP contribution in [0.1, 0.15) is 18.4 Å². The average Bonchev–Trinajstić information content (AvgIpc) is 2.92. The van der Waals surface area contributed by atoms with Crippen LogP contribution in [0.5, 0.6) is 5.75 Å². The number of ether oxygens (including phenoxy) is 1. The lowest BCUT2D eigenvalue weighted by molar-refractivity contribution is 0.301. The molecule has 0 aliphatic heterocycles. The first kappa shape index (κ1) is 8.82. The van der Waals surface area contributed by atoms with Gasteiger partial charge in [0.05, 0.1) is 15.2 Å². The van der Waals surface area contributed by atoms with E-state index in [-0.39, 0.29) is 0 Å². The quantitative estimate of drug-likeness (QED) is 0.783. The highest BCUT2D eigenvalue weighted by Crippen LogP contribution is 2.31. The average molecular weight is 285 g/mol. The van der Waals surface area contributed by atoms with Crippen LogP contribution in [-0.4, -0.2) is 6.10 Å². The molecule has 1 aromatic rings. The summed E-state index contributed by atoms with van der Waals surface area (Å²) in [5, 5.41) is 8.78. The van der Waals surface area contributed by atoms with E-state index >= 15 is 0 Å². The molecule has 0 saturated heterocycles. The molecule has 0 atom stereocenters. The number of halogens is 1. The third-order valence-corrected chi connectivity index (χ3v) is 3.01. The Morgan fingerprint density at radius 1 is 1.46 bits per heavy atom. The maximum atomic E-state index is 8.78. The number of nitriles is 1. The number of rotatable bonds is 2. The molecule has 0 bridgehead atoms. The van der Waals surface area contributed by atoms with Crippen LogP contribution >= 0.6 is 22.6 Å². The lowest BCUT2D eigenvalue weighted by atomic mass is 10.2. The van der Waals surface area contributed by atoms with Crippen molar-refractivity contribution in [2.75, 3.05) is 0 Å². The number of hydrogen-bond donors (Lipinski definition) is 0. The van der Waals surface area contributed by atoms with Crippen LogP contribution in [0.15, 0.2) is 18.2 Å². The van der Waals surface area contributed by atoms with Crippen molar-refractivity contribution in [3.05, 3.63) is 27.3 Å². The summed E-state index contributed by atoms with van der Waals surface area (Å²) in [7, 11) is 0. The van der Waals surface area contributed by atoms with Gasteiger partial charge >= 0.3 is 0 Å². The summed E-state index contributed by atoms with van der Waals surface area (Å²) in [6, 6.07) is 7.73. The van der Waals surface area contributed by atoms with Crippen molar-refractivity contribution >= 4 is 22.6 Å². The molecule has 0 spiro atoms. The molecule has 1 aliphatic rings. The van der Waals surface area contributed by atoms with Gasteiger partial charge in [0.15, 0.2) is 0 Å². The standard InChI is InChI=1S/C10H8INO/c11-10-7(6-12)2-1-3-9(10)13-8-4-5-8/h1-3,8H,4-5H2. The van der Waals surface area contributed by atoms with E-state index in [9.17, 15) is 0 Å². The molecule has 0 radical (unpaired) electrons. The molecular formula is C10H8INO. The molecule has 0 unspecified atom stereocenters. The first-order chi connectivity index (χ1) is 6.31. The summed E-state index contributed by atoms with van der Waals surface area (Å²) in [6.07, 6.45) is 2.68. The van der Waals surface area contributed by atoms with Crippen LogP contribution in [0.3, 0.4) is 0 Å². The van der Waals surface area contributed by atoms with Crippen LogP contribution in [0.2, 0.25) is 0 Å². The van der Waals surface area contributed by atoms with Gasteiger partial charge in [0.1, 0.15) is 11.8 Å². The van der Waals surface area contributed by atoms with Gasteiger partial charge in [0.2, 0.25) is 0 Å². The van der Waals surface area contributed by atoms with E-state index in [1.165, 1.54) is 0 Å². The molecule has 2 rings (SSSR count). The van der Waals surface area contributed by atoms with Crippen molar-refractivity contribution in [3.63, 3.8) is 0 Å². The molecule has 1 aromatic carbocycles. The van der Waals surface area contributed by atoms with E-state index in [2.05, 4.69) is 28.7 Å². The first-order valence-corrected chi connectivity index (χ1v) is 5.24. The number of nitrogens with zero attached hydrogens (tertiary/aromatic N) is 1. The Kier molecular flexibility index (Phi) is 2.40.